The number of rotatable bonds is 3. The van der Waals surface area contributed by atoms with Crippen LogP contribution in [0.5, 0.6) is 0 Å². The van der Waals surface area contributed by atoms with Crippen LogP contribution in [-0.2, 0) is 4.74 Å². The molecule has 2 N–H and O–H groups in total. The molecule has 0 aliphatic carbocycles. The first-order valence-corrected chi connectivity index (χ1v) is 5.33. The summed E-state index contributed by atoms with van der Waals surface area (Å²) < 4.78 is 5.41. The van der Waals surface area contributed by atoms with E-state index in [0.717, 1.165) is 39.1 Å². The van der Waals surface area contributed by atoms with Gasteiger partial charge in [0, 0.05) is 31.8 Å². The molecule has 0 spiro atoms. The molecule has 2 atom stereocenters. The Bertz CT molecular complexity index is 133. The molecule has 13 heavy (non-hydrogen) atoms. The molecular weight excluding hydrogens is 164 g/mol. The number of hydrogen-bond donors (Lipinski definition) is 1. The SMILES string of the molecule is CCC(N)C(C)N1CCCOCC1. The van der Waals surface area contributed by atoms with Gasteiger partial charge in [-0.3, -0.25) is 4.90 Å². The van der Waals surface area contributed by atoms with E-state index < -0.39 is 0 Å². The molecule has 1 saturated heterocycles. The lowest BCUT2D eigenvalue weighted by Crippen LogP contribution is -2.46. The van der Waals surface area contributed by atoms with E-state index in [9.17, 15) is 0 Å². The molecule has 1 rings (SSSR count). The van der Waals surface area contributed by atoms with Gasteiger partial charge < -0.3 is 10.5 Å². The molecular formula is C10H22N2O. The summed E-state index contributed by atoms with van der Waals surface area (Å²) in [5.41, 5.74) is 6.02. The van der Waals surface area contributed by atoms with Gasteiger partial charge in [-0.15, -0.1) is 0 Å². The Morgan fingerprint density at radius 2 is 2.15 bits per heavy atom. The third-order valence-electron chi connectivity index (χ3n) is 2.92. The number of hydrogen-bond acceptors (Lipinski definition) is 3. The average Bonchev–Trinajstić information content (AvgIpc) is 2.43. The van der Waals surface area contributed by atoms with Crippen molar-refractivity contribution in [1.82, 2.24) is 4.90 Å². The summed E-state index contributed by atoms with van der Waals surface area (Å²) in [4.78, 5) is 2.45. The van der Waals surface area contributed by atoms with Gasteiger partial charge in [0.15, 0.2) is 0 Å². The first-order chi connectivity index (χ1) is 6.25. The van der Waals surface area contributed by atoms with Gasteiger partial charge in [-0.25, -0.2) is 0 Å². The van der Waals surface area contributed by atoms with Crippen LogP contribution >= 0.6 is 0 Å². The summed E-state index contributed by atoms with van der Waals surface area (Å²) in [7, 11) is 0. The third kappa shape index (κ3) is 3.25. The minimum Gasteiger partial charge on any atom is -0.380 e. The Morgan fingerprint density at radius 1 is 1.38 bits per heavy atom. The highest BCUT2D eigenvalue weighted by Gasteiger charge is 2.19. The van der Waals surface area contributed by atoms with Crippen LogP contribution in [0.2, 0.25) is 0 Å². The van der Waals surface area contributed by atoms with Crippen molar-refractivity contribution < 1.29 is 4.74 Å². The fourth-order valence-corrected chi connectivity index (χ4v) is 1.78. The Labute approximate surface area is 81.2 Å². The average molecular weight is 186 g/mol. The highest BCUT2D eigenvalue weighted by molar-refractivity contribution is 4.78. The van der Waals surface area contributed by atoms with Crippen molar-refractivity contribution in [2.24, 2.45) is 5.73 Å². The van der Waals surface area contributed by atoms with Crippen molar-refractivity contribution in [1.29, 1.82) is 0 Å². The second-order valence-corrected chi connectivity index (χ2v) is 3.81. The number of nitrogens with zero attached hydrogens (tertiary/aromatic N) is 1. The second kappa shape index (κ2) is 5.58. The first kappa shape index (κ1) is 11.0. The molecule has 1 aliphatic rings. The zero-order chi connectivity index (χ0) is 9.68. The van der Waals surface area contributed by atoms with E-state index >= 15 is 0 Å². The van der Waals surface area contributed by atoms with Crippen molar-refractivity contribution in [3.8, 4) is 0 Å². The fraction of sp³-hybridized carbons (Fsp3) is 1.00. The Hall–Kier alpha value is -0.120. The van der Waals surface area contributed by atoms with E-state index in [-0.39, 0.29) is 0 Å². The zero-order valence-corrected chi connectivity index (χ0v) is 8.83. The smallest absolute Gasteiger partial charge is 0.0593 e. The summed E-state index contributed by atoms with van der Waals surface area (Å²) in [6.07, 6.45) is 2.19. The van der Waals surface area contributed by atoms with Gasteiger partial charge in [0.1, 0.15) is 0 Å². The summed E-state index contributed by atoms with van der Waals surface area (Å²) in [6, 6.07) is 0.796. The van der Waals surface area contributed by atoms with Crippen LogP contribution in [-0.4, -0.2) is 43.3 Å². The minimum atomic E-state index is 0.304. The standard InChI is InChI=1S/C10H22N2O/c1-3-10(11)9(2)12-5-4-7-13-8-6-12/h9-10H,3-8,11H2,1-2H3. The van der Waals surface area contributed by atoms with E-state index in [2.05, 4.69) is 18.7 Å². The van der Waals surface area contributed by atoms with E-state index in [0.29, 0.717) is 12.1 Å². The molecule has 3 nitrogen and oxygen atoms in total. The van der Waals surface area contributed by atoms with Crippen LogP contribution in [0.25, 0.3) is 0 Å². The molecule has 1 fully saturated rings. The molecule has 0 radical (unpaired) electrons. The molecule has 0 aromatic heterocycles. The molecule has 2 unspecified atom stereocenters. The van der Waals surface area contributed by atoms with Gasteiger partial charge >= 0.3 is 0 Å². The van der Waals surface area contributed by atoms with Gasteiger partial charge in [0.25, 0.3) is 0 Å². The molecule has 1 aliphatic heterocycles. The minimum absolute atomic E-state index is 0.304. The van der Waals surface area contributed by atoms with Crippen LogP contribution < -0.4 is 5.73 Å². The molecule has 0 aromatic rings. The zero-order valence-electron chi connectivity index (χ0n) is 8.83. The van der Waals surface area contributed by atoms with Crippen molar-refractivity contribution >= 4 is 0 Å². The number of nitrogens with two attached hydrogens (primary N) is 1. The van der Waals surface area contributed by atoms with Crippen molar-refractivity contribution in [3.63, 3.8) is 0 Å². The Kier molecular flexibility index (Phi) is 4.70. The van der Waals surface area contributed by atoms with Crippen LogP contribution in [0.1, 0.15) is 26.7 Å². The molecule has 0 amide bonds. The van der Waals surface area contributed by atoms with Crippen LogP contribution in [0.15, 0.2) is 0 Å². The molecule has 0 aromatic carbocycles. The quantitative estimate of drug-likeness (QED) is 0.709. The molecule has 0 bridgehead atoms. The van der Waals surface area contributed by atoms with Gasteiger partial charge in [-0.05, 0) is 19.8 Å². The largest absolute Gasteiger partial charge is 0.380 e. The molecule has 0 saturated carbocycles. The summed E-state index contributed by atoms with van der Waals surface area (Å²) in [6.45, 7) is 8.31. The topological polar surface area (TPSA) is 38.5 Å². The van der Waals surface area contributed by atoms with E-state index in [1.54, 1.807) is 0 Å². The fourth-order valence-electron chi connectivity index (χ4n) is 1.78. The lowest BCUT2D eigenvalue weighted by molar-refractivity contribution is 0.129. The second-order valence-electron chi connectivity index (χ2n) is 3.81. The Morgan fingerprint density at radius 3 is 2.85 bits per heavy atom. The highest BCUT2D eigenvalue weighted by atomic mass is 16.5. The van der Waals surface area contributed by atoms with E-state index in [1.807, 2.05) is 0 Å². The maximum absolute atomic E-state index is 6.02. The van der Waals surface area contributed by atoms with E-state index in [4.69, 9.17) is 10.5 Å². The van der Waals surface area contributed by atoms with Crippen molar-refractivity contribution in [3.05, 3.63) is 0 Å². The predicted molar refractivity (Wildman–Crippen MR) is 54.7 cm³/mol. The lowest BCUT2D eigenvalue weighted by Gasteiger charge is -2.31. The summed E-state index contributed by atoms with van der Waals surface area (Å²) in [5, 5.41) is 0. The summed E-state index contributed by atoms with van der Waals surface area (Å²) >= 11 is 0. The van der Waals surface area contributed by atoms with Crippen molar-refractivity contribution in [2.45, 2.75) is 38.8 Å². The van der Waals surface area contributed by atoms with Gasteiger partial charge in [0.2, 0.25) is 0 Å². The van der Waals surface area contributed by atoms with Crippen LogP contribution in [0.3, 0.4) is 0 Å². The van der Waals surface area contributed by atoms with Crippen LogP contribution in [0, 0.1) is 0 Å². The van der Waals surface area contributed by atoms with Gasteiger partial charge in [-0.1, -0.05) is 6.92 Å². The van der Waals surface area contributed by atoms with Crippen molar-refractivity contribution in [2.75, 3.05) is 26.3 Å². The normalized spacial score (nSPS) is 25.2. The molecule has 78 valence electrons. The molecule has 1 heterocycles. The highest BCUT2D eigenvalue weighted by Crippen LogP contribution is 2.08. The predicted octanol–water partition coefficient (Wildman–Crippen LogP) is 0.834. The maximum Gasteiger partial charge on any atom is 0.0593 e. The van der Waals surface area contributed by atoms with Gasteiger partial charge in [-0.2, -0.15) is 0 Å². The molecule has 3 heteroatoms. The van der Waals surface area contributed by atoms with Crippen LogP contribution in [0.4, 0.5) is 0 Å². The van der Waals surface area contributed by atoms with E-state index in [1.165, 1.54) is 0 Å². The Balaban J connectivity index is 2.38. The first-order valence-electron chi connectivity index (χ1n) is 5.33. The third-order valence-corrected chi connectivity index (χ3v) is 2.92. The lowest BCUT2D eigenvalue weighted by atomic mass is 10.1. The maximum atomic E-state index is 6.02. The monoisotopic (exact) mass is 186 g/mol. The van der Waals surface area contributed by atoms with Gasteiger partial charge in [0.05, 0.1) is 6.61 Å². The summed E-state index contributed by atoms with van der Waals surface area (Å²) in [5.74, 6) is 0. The number of ether oxygens (including phenoxy) is 1.